The van der Waals surface area contributed by atoms with E-state index in [1.807, 2.05) is 24.3 Å². The van der Waals surface area contributed by atoms with Crippen molar-refractivity contribution in [3.8, 4) is 0 Å². The van der Waals surface area contributed by atoms with E-state index in [1.165, 1.54) is 11.0 Å². The molecular weight excluding hydrogens is 689 g/mol. The van der Waals surface area contributed by atoms with E-state index in [2.05, 4.69) is 10.2 Å². The number of hydrogen-bond acceptors (Lipinski definition) is 7. The van der Waals surface area contributed by atoms with Crippen LogP contribution in [-0.2, 0) is 28.5 Å². The van der Waals surface area contributed by atoms with Gasteiger partial charge in [-0.05, 0) is 80.8 Å². The van der Waals surface area contributed by atoms with Crippen molar-refractivity contribution in [2.75, 3.05) is 56.9 Å². The van der Waals surface area contributed by atoms with Crippen LogP contribution in [0.4, 0.5) is 34.1 Å². The Labute approximate surface area is 300 Å². The van der Waals surface area contributed by atoms with Gasteiger partial charge in [0.25, 0.3) is 5.91 Å². The van der Waals surface area contributed by atoms with Crippen molar-refractivity contribution in [1.29, 1.82) is 0 Å². The molecule has 6 rings (SSSR count). The Kier molecular flexibility index (Phi) is 11.5. The van der Waals surface area contributed by atoms with Crippen LogP contribution in [-0.4, -0.2) is 113 Å². The summed E-state index contributed by atoms with van der Waals surface area (Å²) < 4.78 is 47.3. The van der Waals surface area contributed by atoms with Crippen LogP contribution in [0.5, 0.6) is 0 Å². The van der Waals surface area contributed by atoms with E-state index in [4.69, 9.17) is 22.1 Å². The second kappa shape index (κ2) is 15.9. The number of aliphatic hydroxyl groups is 1. The Hall–Kier alpha value is -3.75. The molecule has 0 aliphatic carbocycles. The minimum Gasteiger partial charge on any atom is -0.436 e. The van der Waals surface area contributed by atoms with E-state index in [0.717, 1.165) is 43.1 Å². The number of halogens is 4. The van der Waals surface area contributed by atoms with Gasteiger partial charge in [-0.15, -0.1) is 0 Å². The number of anilines is 2. The van der Waals surface area contributed by atoms with Gasteiger partial charge < -0.3 is 35.6 Å². The molecule has 4 amide bonds. The van der Waals surface area contributed by atoms with Gasteiger partial charge in [-0.25, -0.2) is 9.59 Å². The maximum absolute atomic E-state index is 14.0. The molecule has 0 bridgehead atoms. The van der Waals surface area contributed by atoms with Crippen molar-refractivity contribution in [3.63, 3.8) is 0 Å². The van der Waals surface area contributed by atoms with Crippen LogP contribution in [0.15, 0.2) is 36.4 Å². The van der Waals surface area contributed by atoms with Gasteiger partial charge in [-0.3, -0.25) is 9.69 Å². The van der Waals surface area contributed by atoms with E-state index >= 15 is 0 Å². The van der Waals surface area contributed by atoms with Crippen LogP contribution in [0.25, 0.3) is 0 Å². The number of urea groups is 1. The number of hydrogen-bond donors (Lipinski definition) is 3. The van der Waals surface area contributed by atoms with E-state index < -0.39 is 35.5 Å². The summed E-state index contributed by atoms with van der Waals surface area (Å²) in [5.41, 5.74) is 5.83. The molecule has 4 aliphatic rings. The molecule has 3 fully saturated rings. The number of piperidine rings is 3. The number of benzene rings is 2. The maximum Gasteiger partial charge on any atom is 0.418 e. The fraction of sp³-hybridized carbons (Fsp3) is 0.583. The second-order valence-electron chi connectivity index (χ2n) is 14.0. The summed E-state index contributed by atoms with van der Waals surface area (Å²) in [4.78, 5) is 47.9. The Bertz CT molecular complexity index is 1580. The van der Waals surface area contributed by atoms with Crippen molar-refractivity contribution in [2.24, 2.45) is 0 Å². The first kappa shape index (κ1) is 37.0. The van der Waals surface area contributed by atoms with Crippen molar-refractivity contribution < 1.29 is 37.4 Å². The standard InChI is InChI=1S/C36H46ClF3N6O5/c37-29-20-23(19-28(32(29)41)36(38,39)40)21-31(33(48)43-14-9-25(10-15-43)45-13-4-3-6-27(45)22-47)51-35(50)44-16-11-26(12-17-44)46-18-8-24-5-1-2-7-30(24)42-34(46)49/h1-2,5,7,19-20,25-27,31,47H,3-4,6,8-18,21-22,41H2,(H,42,49)/t27-,31-/m1/s1. The predicted octanol–water partition coefficient (Wildman–Crippen LogP) is 5.38. The molecule has 4 aliphatic heterocycles. The SMILES string of the molecule is Nc1c(Cl)cc(C[C@@H](OC(=O)N2CCC(N3CCc4ccccc4NC3=O)CC2)C(=O)N2CCC(N3CCCC[C@@H]3CO)CC2)cc1C(F)(F)F. The number of nitrogens with zero attached hydrogens (tertiary/aromatic N) is 4. The molecule has 3 saturated heterocycles. The first-order valence-corrected chi connectivity index (χ1v) is 18.2. The number of likely N-dealkylation sites (tertiary alicyclic amines) is 3. The van der Waals surface area contributed by atoms with Gasteiger partial charge in [-0.2, -0.15) is 13.2 Å². The summed E-state index contributed by atoms with van der Waals surface area (Å²) in [6.07, 6.45) is -1.18. The number of nitrogen functional groups attached to an aromatic ring is 1. The zero-order valence-electron chi connectivity index (χ0n) is 28.5. The second-order valence-corrected chi connectivity index (χ2v) is 14.4. The molecule has 2 atom stereocenters. The quantitative estimate of drug-likeness (QED) is 0.326. The number of aliphatic hydroxyl groups excluding tert-OH is 1. The van der Waals surface area contributed by atoms with E-state index in [1.54, 1.807) is 9.80 Å². The molecule has 4 N–H and O–H groups in total. The monoisotopic (exact) mass is 734 g/mol. The van der Waals surface area contributed by atoms with Gasteiger partial charge in [0.05, 0.1) is 22.9 Å². The van der Waals surface area contributed by atoms with Gasteiger partial charge in [0.2, 0.25) is 0 Å². The Morgan fingerprint density at radius 2 is 1.65 bits per heavy atom. The molecule has 51 heavy (non-hydrogen) atoms. The molecule has 0 spiro atoms. The summed E-state index contributed by atoms with van der Waals surface area (Å²) in [5, 5.41) is 12.6. The summed E-state index contributed by atoms with van der Waals surface area (Å²) in [6.45, 7) is 2.83. The highest BCUT2D eigenvalue weighted by Crippen LogP contribution is 2.38. The third-order valence-corrected chi connectivity index (χ3v) is 11.2. The Balaban J connectivity index is 1.13. The van der Waals surface area contributed by atoms with E-state index in [9.17, 15) is 32.7 Å². The number of para-hydroxylation sites is 1. The lowest BCUT2D eigenvalue weighted by Crippen LogP contribution is -2.55. The number of nitrogens with one attached hydrogen (secondary N) is 1. The molecular formula is C36H46ClF3N6O5. The highest BCUT2D eigenvalue weighted by Gasteiger charge is 2.39. The lowest BCUT2D eigenvalue weighted by Gasteiger charge is -2.44. The van der Waals surface area contributed by atoms with Gasteiger partial charge in [-0.1, -0.05) is 36.2 Å². The number of ether oxygens (including phenoxy) is 1. The summed E-state index contributed by atoms with van der Waals surface area (Å²) in [7, 11) is 0. The summed E-state index contributed by atoms with van der Waals surface area (Å²) >= 11 is 6.11. The molecule has 0 unspecified atom stereocenters. The van der Waals surface area contributed by atoms with Gasteiger partial charge in [0.1, 0.15) is 0 Å². The zero-order chi connectivity index (χ0) is 36.3. The zero-order valence-corrected chi connectivity index (χ0v) is 29.3. The normalized spacial score (nSPS) is 21.9. The first-order chi connectivity index (χ1) is 24.4. The van der Waals surface area contributed by atoms with Gasteiger partial charge in [0, 0.05) is 63.0 Å². The molecule has 4 heterocycles. The fourth-order valence-corrected chi connectivity index (χ4v) is 8.28. The molecule has 0 radical (unpaired) electrons. The van der Waals surface area contributed by atoms with Crippen LogP contribution in [0.3, 0.4) is 0 Å². The highest BCUT2D eigenvalue weighted by atomic mass is 35.5. The number of nitrogens with two attached hydrogens (primary N) is 1. The minimum absolute atomic E-state index is 0.0635. The fourth-order valence-electron chi connectivity index (χ4n) is 8.04. The first-order valence-electron chi connectivity index (χ1n) is 17.8. The van der Waals surface area contributed by atoms with Crippen LogP contribution in [0.1, 0.15) is 61.6 Å². The largest absolute Gasteiger partial charge is 0.436 e. The van der Waals surface area contributed by atoms with Crippen LogP contribution in [0, 0.1) is 0 Å². The molecule has 11 nitrogen and oxygen atoms in total. The lowest BCUT2D eigenvalue weighted by atomic mass is 9.95. The molecule has 2 aromatic carbocycles. The van der Waals surface area contributed by atoms with Crippen molar-refractivity contribution in [2.45, 2.75) is 88.2 Å². The third-order valence-electron chi connectivity index (χ3n) is 10.9. The van der Waals surface area contributed by atoms with E-state index in [0.29, 0.717) is 51.7 Å². The third kappa shape index (κ3) is 8.49. The number of rotatable bonds is 7. The van der Waals surface area contributed by atoms with Crippen molar-refractivity contribution >= 4 is 41.0 Å². The van der Waals surface area contributed by atoms with Crippen LogP contribution >= 0.6 is 11.6 Å². The number of carbonyl (C=O) groups excluding carboxylic acids is 3. The van der Waals surface area contributed by atoms with E-state index in [-0.39, 0.29) is 60.9 Å². The highest BCUT2D eigenvalue weighted by molar-refractivity contribution is 6.33. The number of alkyl halides is 3. The average molecular weight is 735 g/mol. The molecule has 278 valence electrons. The number of fused-ring (bicyclic) bond motifs is 1. The smallest absolute Gasteiger partial charge is 0.418 e. The maximum atomic E-state index is 14.0. The summed E-state index contributed by atoms with van der Waals surface area (Å²) in [5.74, 6) is -0.489. The van der Waals surface area contributed by atoms with Crippen LogP contribution < -0.4 is 11.1 Å². The Morgan fingerprint density at radius 3 is 2.35 bits per heavy atom. The topological polar surface area (TPSA) is 132 Å². The average Bonchev–Trinajstić information content (AvgIpc) is 3.30. The predicted molar refractivity (Wildman–Crippen MR) is 186 cm³/mol. The van der Waals surface area contributed by atoms with Gasteiger partial charge in [0.15, 0.2) is 6.10 Å². The minimum atomic E-state index is -4.78. The molecule has 15 heteroatoms. The molecule has 0 aromatic heterocycles. The number of carbonyl (C=O) groups is 3. The Morgan fingerprint density at radius 1 is 0.961 bits per heavy atom. The number of amides is 4. The van der Waals surface area contributed by atoms with Gasteiger partial charge >= 0.3 is 18.3 Å². The molecule has 0 saturated carbocycles. The lowest BCUT2D eigenvalue weighted by molar-refractivity contribution is -0.142. The summed E-state index contributed by atoms with van der Waals surface area (Å²) in [6, 6.07) is 9.78. The van der Waals surface area contributed by atoms with Crippen molar-refractivity contribution in [1.82, 2.24) is 19.6 Å². The van der Waals surface area contributed by atoms with Crippen molar-refractivity contribution in [3.05, 3.63) is 58.1 Å². The molecule has 2 aromatic rings. The van der Waals surface area contributed by atoms with Crippen LogP contribution in [0.2, 0.25) is 5.02 Å².